The molecule has 0 saturated heterocycles. The third kappa shape index (κ3) is 6.51. The van der Waals surface area contributed by atoms with Crippen molar-refractivity contribution in [1.82, 2.24) is 5.32 Å². The van der Waals surface area contributed by atoms with Gasteiger partial charge < -0.3 is 20.3 Å². The molecule has 0 aliphatic carbocycles. The van der Waals surface area contributed by atoms with Gasteiger partial charge in [-0.15, -0.1) is 0 Å². The fourth-order valence-electron chi connectivity index (χ4n) is 0.878. The first kappa shape index (κ1) is 12.3. The van der Waals surface area contributed by atoms with E-state index in [-0.39, 0.29) is 6.61 Å². The van der Waals surface area contributed by atoms with Crippen LogP contribution < -0.4 is 5.32 Å². The summed E-state index contributed by atoms with van der Waals surface area (Å²) in [6.45, 7) is 3.01. The maximum atomic E-state index is 10.5. The maximum absolute atomic E-state index is 10.5. The minimum absolute atomic E-state index is 0.00383. The Morgan fingerprint density at radius 1 is 1.54 bits per heavy atom. The molecule has 0 spiro atoms. The number of nitrogens with one attached hydrogen (secondary N) is 1. The Balaban J connectivity index is 3.33. The van der Waals surface area contributed by atoms with Gasteiger partial charge in [0, 0.05) is 6.54 Å². The summed E-state index contributed by atoms with van der Waals surface area (Å²) in [5, 5.41) is 19.8. The molecule has 0 aliphatic heterocycles. The molecule has 13 heavy (non-hydrogen) atoms. The lowest BCUT2D eigenvalue weighted by Gasteiger charge is -2.11. The summed E-state index contributed by atoms with van der Waals surface area (Å²) < 4.78 is 4.95. The highest BCUT2D eigenvalue weighted by Gasteiger charge is 2.12. The van der Waals surface area contributed by atoms with E-state index in [4.69, 9.17) is 14.9 Å². The Bertz CT molecular complexity index is 140. The fraction of sp³-hybridized carbons (Fsp3) is 0.875. The van der Waals surface area contributed by atoms with Crippen LogP contribution in [0.4, 0.5) is 0 Å². The first-order valence-electron chi connectivity index (χ1n) is 4.37. The highest BCUT2D eigenvalue weighted by atomic mass is 16.5. The summed E-state index contributed by atoms with van der Waals surface area (Å²) in [4.78, 5) is 10.5. The van der Waals surface area contributed by atoms with Gasteiger partial charge in [0.05, 0.1) is 19.8 Å². The van der Waals surface area contributed by atoms with E-state index in [1.54, 1.807) is 6.92 Å². The van der Waals surface area contributed by atoms with Crippen molar-refractivity contribution in [3.8, 4) is 0 Å². The van der Waals surface area contributed by atoms with Crippen molar-refractivity contribution in [3.05, 3.63) is 0 Å². The summed E-state index contributed by atoms with van der Waals surface area (Å²) in [6.07, 6.45) is 0.551. The summed E-state index contributed by atoms with van der Waals surface area (Å²) in [5.74, 6) is -0.843. The standard InChI is InChI=1S/C8H17NO4/c1-2-7(8(11)12)9-3-5-13-6-4-10/h7,9-10H,2-6H2,1H3,(H,11,12). The lowest BCUT2D eigenvalue weighted by atomic mass is 10.2. The second-order valence-electron chi connectivity index (χ2n) is 2.59. The number of carboxylic acids is 1. The largest absolute Gasteiger partial charge is 0.480 e. The Labute approximate surface area is 77.7 Å². The Morgan fingerprint density at radius 3 is 2.69 bits per heavy atom. The van der Waals surface area contributed by atoms with Crippen molar-refractivity contribution in [2.45, 2.75) is 19.4 Å². The molecule has 0 bridgehead atoms. The van der Waals surface area contributed by atoms with E-state index in [1.807, 2.05) is 0 Å². The van der Waals surface area contributed by atoms with Crippen molar-refractivity contribution in [1.29, 1.82) is 0 Å². The van der Waals surface area contributed by atoms with E-state index in [9.17, 15) is 4.79 Å². The first-order valence-corrected chi connectivity index (χ1v) is 4.37. The van der Waals surface area contributed by atoms with Crippen molar-refractivity contribution in [3.63, 3.8) is 0 Å². The first-order chi connectivity index (χ1) is 6.22. The molecule has 0 amide bonds. The number of ether oxygens (including phenoxy) is 1. The molecule has 1 atom stereocenters. The zero-order valence-corrected chi connectivity index (χ0v) is 7.82. The lowest BCUT2D eigenvalue weighted by molar-refractivity contribution is -0.139. The minimum Gasteiger partial charge on any atom is -0.480 e. The van der Waals surface area contributed by atoms with Crippen LogP contribution in [0.2, 0.25) is 0 Å². The number of hydrogen-bond donors (Lipinski definition) is 3. The van der Waals surface area contributed by atoms with Crippen molar-refractivity contribution in [2.24, 2.45) is 0 Å². The molecule has 0 aromatic carbocycles. The highest BCUT2D eigenvalue weighted by molar-refractivity contribution is 5.73. The molecular weight excluding hydrogens is 174 g/mol. The number of carboxylic acid groups (broad SMARTS) is 1. The summed E-state index contributed by atoms with van der Waals surface area (Å²) in [5.41, 5.74) is 0. The van der Waals surface area contributed by atoms with E-state index in [2.05, 4.69) is 5.32 Å². The van der Waals surface area contributed by atoms with Crippen molar-refractivity contribution in [2.75, 3.05) is 26.4 Å². The SMILES string of the molecule is CCC(NCCOCCO)C(=O)O. The van der Waals surface area contributed by atoms with Crippen LogP contribution in [0.25, 0.3) is 0 Å². The Morgan fingerprint density at radius 2 is 2.23 bits per heavy atom. The number of carbonyl (C=O) groups is 1. The van der Waals surface area contributed by atoms with E-state index < -0.39 is 12.0 Å². The quantitative estimate of drug-likeness (QED) is 0.448. The van der Waals surface area contributed by atoms with Crippen LogP contribution in [-0.4, -0.2) is 48.6 Å². The van der Waals surface area contributed by atoms with Gasteiger partial charge in [0.1, 0.15) is 6.04 Å². The predicted molar refractivity (Wildman–Crippen MR) is 47.6 cm³/mol. The van der Waals surface area contributed by atoms with Gasteiger partial charge >= 0.3 is 5.97 Å². The maximum Gasteiger partial charge on any atom is 0.320 e. The summed E-state index contributed by atoms with van der Waals surface area (Å²) >= 11 is 0. The van der Waals surface area contributed by atoms with E-state index in [1.165, 1.54) is 0 Å². The van der Waals surface area contributed by atoms with Gasteiger partial charge in [-0.05, 0) is 6.42 Å². The smallest absolute Gasteiger partial charge is 0.320 e. The van der Waals surface area contributed by atoms with Crippen LogP contribution in [-0.2, 0) is 9.53 Å². The molecule has 0 aromatic heterocycles. The van der Waals surface area contributed by atoms with Gasteiger partial charge in [-0.2, -0.15) is 0 Å². The highest BCUT2D eigenvalue weighted by Crippen LogP contribution is 1.89. The van der Waals surface area contributed by atoms with Crippen molar-refractivity contribution < 1.29 is 19.7 Å². The molecule has 0 aromatic rings. The van der Waals surface area contributed by atoms with Gasteiger partial charge in [-0.25, -0.2) is 0 Å². The van der Waals surface area contributed by atoms with Gasteiger partial charge in [-0.3, -0.25) is 4.79 Å². The fourth-order valence-corrected chi connectivity index (χ4v) is 0.878. The molecule has 0 radical (unpaired) electrons. The molecule has 3 N–H and O–H groups in total. The predicted octanol–water partition coefficient (Wildman–Crippen LogP) is -0.552. The second-order valence-corrected chi connectivity index (χ2v) is 2.59. The molecular formula is C8H17NO4. The zero-order chi connectivity index (χ0) is 10.1. The molecule has 0 heterocycles. The second kappa shape index (κ2) is 7.97. The number of aliphatic hydroxyl groups excluding tert-OH is 1. The van der Waals surface area contributed by atoms with E-state index in [0.717, 1.165) is 0 Å². The van der Waals surface area contributed by atoms with Gasteiger partial charge in [0.2, 0.25) is 0 Å². The average Bonchev–Trinajstić information content (AvgIpc) is 2.10. The van der Waals surface area contributed by atoms with E-state index >= 15 is 0 Å². The molecule has 0 aliphatic rings. The number of aliphatic hydroxyl groups is 1. The monoisotopic (exact) mass is 191 g/mol. The molecule has 5 nitrogen and oxygen atoms in total. The number of hydrogen-bond acceptors (Lipinski definition) is 4. The van der Waals surface area contributed by atoms with Crippen LogP contribution >= 0.6 is 0 Å². The third-order valence-electron chi connectivity index (χ3n) is 1.58. The lowest BCUT2D eigenvalue weighted by Crippen LogP contribution is -2.38. The topological polar surface area (TPSA) is 78.8 Å². The summed E-state index contributed by atoms with van der Waals surface area (Å²) in [6, 6.07) is -0.502. The van der Waals surface area contributed by atoms with Crippen LogP contribution in [0.5, 0.6) is 0 Å². The van der Waals surface area contributed by atoms with Crippen LogP contribution in [0.1, 0.15) is 13.3 Å². The minimum atomic E-state index is -0.843. The molecule has 0 fully saturated rings. The molecule has 0 rings (SSSR count). The Hall–Kier alpha value is -0.650. The van der Waals surface area contributed by atoms with E-state index in [0.29, 0.717) is 26.2 Å². The van der Waals surface area contributed by atoms with Crippen molar-refractivity contribution >= 4 is 5.97 Å². The van der Waals surface area contributed by atoms with Gasteiger partial charge in [0.15, 0.2) is 0 Å². The average molecular weight is 191 g/mol. The van der Waals surface area contributed by atoms with Crippen LogP contribution in [0.3, 0.4) is 0 Å². The number of rotatable bonds is 8. The molecule has 0 saturated carbocycles. The van der Waals surface area contributed by atoms with Crippen LogP contribution in [0, 0.1) is 0 Å². The summed E-state index contributed by atoms with van der Waals surface area (Å²) in [7, 11) is 0. The number of aliphatic carboxylic acids is 1. The molecule has 78 valence electrons. The zero-order valence-electron chi connectivity index (χ0n) is 7.82. The van der Waals surface area contributed by atoms with Crippen LogP contribution in [0.15, 0.2) is 0 Å². The molecule has 1 unspecified atom stereocenters. The van der Waals surface area contributed by atoms with Gasteiger partial charge in [-0.1, -0.05) is 6.92 Å². The van der Waals surface area contributed by atoms with Gasteiger partial charge in [0.25, 0.3) is 0 Å². The normalized spacial score (nSPS) is 12.8. The Kier molecular flexibility index (Phi) is 7.57. The third-order valence-corrected chi connectivity index (χ3v) is 1.58. The molecule has 5 heteroatoms.